The molecular formula is C21H21N3O2. The number of benzene rings is 1. The molecule has 26 heavy (non-hydrogen) atoms. The van der Waals surface area contributed by atoms with E-state index in [-0.39, 0.29) is 5.97 Å². The standard InChI is InChI=1S/C21H21N3O2/c1-21(2,3)26-20(25)16-11-14(13-7-8-13)12-23-19(16)24-18-6-4-5-17-15(18)9-10-22-17/h4-7,9-12,22H,8H2,1-3H3,(H,23,24). The average Bonchev–Trinajstić information content (AvgIpc) is 3.31. The quantitative estimate of drug-likeness (QED) is 0.648. The Balaban J connectivity index is 1.74. The third kappa shape index (κ3) is 3.33. The predicted octanol–water partition coefficient (Wildman–Crippen LogP) is 5.05. The molecule has 0 amide bonds. The van der Waals surface area contributed by atoms with Crippen LogP contribution in [-0.4, -0.2) is 21.5 Å². The van der Waals surface area contributed by atoms with Gasteiger partial charge in [-0.15, -0.1) is 0 Å². The van der Waals surface area contributed by atoms with Gasteiger partial charge in [0.15, 0.2) is 0 Å². The second-order valence-corrected chi connectivity index (χ2v) is 7.43. The Bertz CT molecular complexity index is 1030. The summed E-state index contributed by atoms with van der Waals surface area (Å²) in [6, 6.07) is 9.78. The zero-order valence-electron chi connectivity index (χ0n) is 15.1. The van der Waals surface area contributed by atoms with Gasteiger partial charge in [-0.25, -0.2) is 9.78 Å². The van der Waals surface area contributed by atoms with Crippen LogP contribution >= 0.6 is 0 Å². The molecular weight excluding hydrogens is 326 g/mol. The molecule has 1 aliphatic rings. The maximum atomic E-state index is 12.8. The molecule has 2 heterocycles. The molecule has 0 saturated heterocycles. The number of anilines is 2. The first-order chi connectivity index (χ1) is 12.4. The Labute approximate surface area is 152 Å². The lowest BCUT2D eigenvalue weighted by atomic mass is 10.1. The van der Waals surface area contributed by atoms with E-state index in [9.17, 15) is 4.79 Å². The Hall–Kier alpha value is -3.08. The number of H-pyrrole nitrogens is 1. The van der Waals surface area contributed by atoms with Gasteiger partial charge in [0.05, 0.1) is 0 Å². The first-order valence-electron chi connectivity index (χ1n) is 8.67. The number of pyridine rings is 1. The smallest absolute Gasteiger partial charge is 0.342 e. The molecule has 5 heteroatoms. The second kappa shape index (κ2) is 6.02. The minimum atomic E-state index is -0.566. The van der Waals surface area contributed by atoms with E-state index in [1.54, 1.807) is 6.20 Å². The number of carbonyl (C=O) groups excluding carboxylic acids is 1. The summed E-state index contributed by atoms with van der Waals surface area (Å²) in [6.45, 7) is 5.58. The largest absolute Gasteiger partial charge is 0.456 e. The number of aromatic nitrogens is 2. The fraction of sp³-hybridized carbons (Fsp3) is 0.238. The molecule has 0 aliphatic heterocycles. The highest BCUT2D eigenvalue weighted by Crippen LogP contribution is 2.33. The van der Waals surface area contributed by atoms with E-state index < -0.39 is 5.60 Å². The number of nitrogens with one attached hydrogen (secondary N) is 2. The Kier molecular flexibility index (Phi) is 3.80. The zero-order chi connectivity index (χ0) is 18.3. The Morgan fingerprint density at radius 2 is 2.08 bits per heavy atom. The summed E-state index contributed by atoms with van der Waals surface area (Å²) in [4.78, 5) is 20.5. The molecule has 132 valence electrons. The van der Waals surface area contributed by atoms with Gasteiger partial charge in [-0.2, -0.15) is 0 Å². The van der Waals surface area contributed by atoms with Crippen LogP contribution in [0.3, 0.4) is 0 Å². The zero-order valence-corrected chi connectivity index (χ0v) is 15.1. The number of nitrogens with zero attached hydrogens (tertiary/aromatic N) is 1. The van der Waals surface area contributed by atoms with E-state index in [1.807, 2.05) is 57.3 Å². The topological polar surface area (TPSA) is 67.0 Å². The molecule has 2 aromatic heterocycles. The minimum Gasteiger partial charge on any atom is -0.456 e. The molecule has 5 nitrogen and oxygen atoms in total. The number of aromatic amines is 1. The lowest BCUT2D eigenvalue weighted by Crippen LogP contribution is -2.24. The molecule has 2 N–H and O–H groups in total. The molecule has 0 spiro atoms. The van der Waals surface area contributed by atoms with Crippen LogP contribution in [0.4, 0.5) is 11.5 Å². The first-order valence-corrected chi connectivity index (χ1v) is 8.67. The number of fused-ring (bicyclic) bond motifs is 1. The number of rotatable bonds is 4. The number of hydrogen-bond acceptors (Lipinski definition) is 4. The van der Waals surface area contributed by atoms with E-state index in [4.69, 9.17) is 4.74 Å². The summed E-state index contributed by atoms with van der Waals surface area (Å²) in [5.41, 5.74) is 3.97. The van der Waals surface area contributed by atoms with Crippen molar-refractivity contribution in [1.82, 2.24) is 9.97 Å². The van der Waals surface area contributed by atoms with Crippen LogP contribution in [0.1, 0.15) is 43.1 Å². The SMILES string of the molecule is CC(C)(C)OC(=O)c1cc(C2=CC2)cnc1Nc1cccc2[nH]ccc12. The highest BCUT2D eigenvalue weighted by molar-refractivity contribution is 5.99. The molecule has 0 saturated carbocycles. The average molecular weight is 347 g/mol. The van der Waals surface area contributed by atoms with Crippen molar-refractivity contribution in [3.8, 4) is 0 Å². The molecule has 0 radical (unpaired) electrons. The fourth-order valence-corrected chi connectivity index (χ4v) is 2.84. The van der Waals surface area contributed by atoms with Crippen LogP contribution in [0.25, 0.3) is 16.5 Å². The minimum absolute atomic E-state index is 0.378. The number of esters is 1. The first kappa shape index (κ1) is 16.4. The van der Waals surface area contributed by atoms with Gasteiger partial charge in [0, 0.05) is 29.0 Å². The van der Waals surface area contributed by atoms with Gasteiger partial charge < -0.3 is 15.0 Å². The maximum absolute atomic E-state index is 12.8. The molecule has 1 aliphatic carbocycles. The van der Waals surface area contributed by atoms with Crippen molar-refractivity contribution in [3.63, 3.8) is 0 Å². The van der Waals surface area contributed by atoms with Crippen LogP contribution in [0.2, 0.25) is 0 Å². The van der Waals surface area contributed by atoms with E-state index in [0.29, 0.717) is 11.4 Å². The summed E-state index contributed by atoms with van der Waals surface area (Å²) in [5.74, 6) is 0.120. The second-order valence-electron chi connectivity index (χ2n) is 7.43. The number of hydrogen-bond donors (Lipinski definition) is 2. The summed E-state index contributed by atoms with van der Waals surface area (Å²) in [6.07, 6.45) is 6.75. The van der Waals surface area contributed by atoms with Crippen LogP contribution in [0.5, 0.6) is 0 Å². The van der Waals surface area contributed by atoms with Crippen molar-refractivity contribution in [3.05, 3.63) is 59.9 Å². The maximum Gasteiger partial charge on any atom is 0.342 e. The summed E-state index contributed by atoms with van der Waals surface area (Å²) >= 11 is 0. The van der Waals surface area contributed by atoms with Gasteiger partial charge in [0.25, 0.3) is 0 Å². The van der Waals surface area contributed by atoms with Crippen LogP contribution in [0, 0.1) is 0 Å². The van der Waals surface area contributed by atoms with Gasteiger partial charge in [0.1, 0.15) is 17.0 Å². The monoisotopic (exact) mass is 347 g/mol. The van der Waals surface area contributed by atoms with E-state index in [1.165, 1.54) is 5.57 Å². The highest BCUT2D eigenvalue weighted by atomic mass is 16.6. The summed E-state index contributed by atoms with van der Waals surface area (Å²) < 4.78 is 5.59. The van der Waals surface area contributed by atoms with Crippen molar-refractivity contribution in [1.29, 1.82) is 0 Å². The van der Waals surface area contributed by atoms with Gasteiger partial charge in [0.2, 0.25) is 0 Å². The Morgan fingerprint density at radius 1 is 1.27 bits per heavy atom. The molecule has 0 bridgehead atoms. The molecule has 1 aromatic carbocycles. The lowest BCUT2D eigenvalue weighted by molar-refractivity contribution is 0.00703. The number of carbonyl (C=O) groups is 1. The Morgan fingerprint density at radius 3 is 2.81 bits per heavy atom. The van der Waals surface area contributed by atoms with Gasteiger partial charge >= 0.3 is 5.97 Å². The molecule has 0 unspecified atom stereocenters. The van der Waals surface area contributed by atoms with Crippen LogP contribution in [-0.2, 0) is 4.74 Å². The van der Waals surface area contributed by atoms with Gasteiger partial charge in [-0.05, 0) is 62.6 Å². The molecule has 4 rings (SSSR count). The van der Waals surface area contributed by atoms with Crippen LogP contribution < -0.4 is 5.32 Å². The van der Waals surface area contributed by atoms with E-state index >= 15 is 0 Å². The number of allylic oxidation sites excluding steroid dienone is 2. The number of ether oxygens (including phenoxy) is 1. The highest BCUT2D eigenvalue weighted by Gasteiger charge is 2.23. The van der Waals surface area contributed by atoms with Crippen molar-refractivity contribution in [2.24, 2.45) is 0 Å². The third-order valence-corrected chi connectivity index (χ3v) is 4.13. The van der Waals surface area contributed by atoms with Crippen LogP contribution in [0.15, 0.2) is 48.8 Å². The molecule has 3 aromatic rings. The normalized spacial score (nSPS) is 13.4. The molecule has 0 fully saturated rings. The van der Waals surface area contributed by atoms with Crippen molar-refractivity contribution < 1.29 is 9.53 Å². The fourth-order valence-electron chi connectivity index (χ4n) is 2.84. The predicted molar refractivity (Wildman–Crippen MR) is 104 cm³/mol. The van der Waals surface area contributed by atoms with Crippen molar-refractivity contribution >= 4 is 34.0 Å². The van der Waals surface area contributed by atoms with Crippen molar-refractivity contribution in [2.45, 2.75) is 32.8 Å². The summed E-state index contributed by atoms with van der Waals surface area (Å²) in [5, 5.41) is 4.34. The summed E-state index contributed by atoms with van der Waals surface area (Å²) in [7, 11) is 0. The van der Waals surface area contributed by atoms with Gasteiger partial charge in [-0.1, -0.05) is 12.1 Å². The van der Waals surface area contributed by atoms with Crippen molar-refractivity contribution in [2.75, 3.05) is 5.32 Å². The van der Waals surface area contributed by atoms with E-state index in [0.717, 1.165) is 28.6 Å². The molecule has 0 atom stereocenters. The lowest BCUT2D eigenvalue weighted by Gasteiger charge is -2.21. The third-order valence-electron chi connectivity index (χ3n) is 4.13. The van der Waals surface area contributed by atoms with Gasteiger partial charge in [-0.3, -0.25) is 0 Å². The van der Waals surface area contributed by atoms with E-state index in [2.05, 4.69) is 21.4 Å².